The van der Waals surface area contributed by atoms with E-state index >= 15 is 0 Å². The van der Waals surface area contributed by atoms with E-state index in [-0.39, 0.29) is 0 Å². The molecule has 0 amide bonds. The van der Waals surface area contributed by atoms with Crippen molar-refractivity contribution in [3.8, 4) is 0 Å². The van der Waals surface area contributed by atoms with Gasteiger partial charge in [0.25, 0.3) is 15.9 Å². The molecule has 1 atom stereocenters. The van der Waals surface area contributed by atoms with Crippen molar-refractivity contribution in [3.63, 3.8) is 0 Å². The monoisotopic (exact) mass is 310 g/mol. The van der Waals surface area contributed by atoms with Gasteiger partial charge in [0.05, 0.1) is 0 Å². The van der Waals surface area contributed by atoms with Crippen molar-refractivity contribution < 1.29 is 36.4 Å². The molecule has 0 radical (unpaired) electrons. The molecule has 1 aromatic heterocycles. The zero-order chi connectivity index (χ0) is 15.3. The van der Waals surface area contributed by atoms with E-state index in [1.54, 1.807) is 0 Å². The zero-order valence-electron chi connectivity index (χ0n) is 9.58. The van der Waals surface area contributed by atoms with Crippen LogP contribution in [0.4, 0.5) is 8.78 Å². The summed E-state index contributed by atoms with van der Waals surface area (Å²) in [4.78, 5) is 11.2. The zero-order valence-corrected chi connectivity index (χ0v) is 10.4. The highest BCUT2D eigenvalue weighted by Crippen LogP contribution is 2.42. The van der Waals surface area contributed by atoms with Crippen molar-refractivity contribution in [3.05, 3.63) is 39.2 Å². The van der Waals surface area contributed by atoms with Gasteiger partial charge in [0.15, 0.2) is 11.6 Å². The second-order valence-corrected chi connectivity index (χ2v) is 5.63. The lowest BCUT2D eigenvalue weighted by atomic mass is 9.94. The van der Waals surface area contributed by atoms with Crippen LogP contribution < -0.4 is 5.63 Å². The Morgan fingerprint density at radius 3 is 2.55 bits per heavy atom. The summed E-state index contributed by atoms with van der Waals surface area (Å²) >= 11 is 0. The van der Waals surface area contributed by atoms with E-state index < -0.39 is 56.2 Å². The summed E-state index contributed by atoms with van der Waals surface area (Å²) in [5, 5.41) is 18.4. The lowest BCUT2D eigenvalue weighted by Gasteiger charge is -2.28. The normalized spacial score (nSPS) is 21.2. The summed E-state index contributed by atoms with van der Waals surface area (Å²) in [5.41, 5.74) is -2.09. The largest absolute Gasteiger partial charge is 0.424 e. The summed E-state index contributed by atoms with van der Waals surface area (Å²) in [7, 11) is -4.57. The van der Waals surface area contributed by atoms with E-state index in [9.17, 15) is 32.2 Å². The fraction of sp³-hybridized carbons (Fsp3) is 0.300. The van der Waals surface area contributed by atoms with Crippen LogP contribution in [0.25, 0.3) is 6.08 Å². The molecule has 0 saturated heterocycles. The maximum atomic E-state index is 13.8. The van der Waals surface area contributed by atoms with Crippen LogP contribution in [0.3, 0.4) is 0 Å². The SMILES string of the molecule is O=c1cc(CS(=O)(=O)O)c2c(o1)C(F)C(O)(O)C(F)=C2. The Bertz CT molecular complexity index is 747. The van der Waals surface area contributed by atoms with E-state index in [1.165, 1.54) is 0 Å². The minimum atomic E-state index is -4.57. The average Bonchev–Trinajstić information content (AvgIpc) is 2.27. The molecule has 10 heteroatoms. The number of aliphatic hydroxyl groups is 2. The predicted molar refractivity (Wildman–Crippen MR) is 60.3 cm³/mol. The molecule has 0 aromatic carbocycles. The lowest BCUT2D eigenvalue weighted by molar-refractivity contribution is -0.194. The van der Waals surface area contributed by atoms with Gasteiger partial charge in [0.2, 0.25) is 6.17 Å². The van der Waals surface area contributed by atoms with Crippen LogP contribution in [0.1, 0.15) is 23.1 Å². The molecule has 110 valence electrons. The Morgan fingerprint density at radius 1 is 1.40 bits per heavy atom. The van der Waals surface area contributed by atoms with Crippen molar-refractivity contribution in [2.45, 2.75) is 17.7 Å². The summed E-state index contributed by atoms with van der Waals surface area (Å²) in [5.74, 6) is -7.22. The molecule has 0 fully saturated rings. The number of alkyl halides is 1. The fourth-order valence-electron chi connectivity index (χ4n) is 1.78. The van der Waals surface area contributed by atoms with Crippen molar-refractivity contribution >= 4 is 16.2 Å². The van der Waals surface area contributed by atoms with Gasteiger partial charge >= 0.3 is 5.63 Å². The van der Waals surface area contributed by atoms with Crippen LogP contribution in [0.15, 0.2) is 21.1 Å². The van der Waals surface area contributed by atoms with Crippen LogP contribution >= 0.6 is 0 Å². The molecule has 7 nitrogen and oxygen atoms in total. The molecule has 1 aliphatic carbocycles. The average molecular weight is 310 g/mol. The van der Waals surface area contributed by atoms with Gasteiger partial charge in [0, 0.05) is 11.6 Å². The van der Waals surface area contributed by atoms with Crippen molar-refractivity contribution in [2.75, 3.05) is 0 Å². The highest BCUT2D eigenvalue weighted by atomic mass is 32.2. The minimum absolute atomic E-state index is 0.424. The van der Waals surface area contributed by atoms with E-state index in [0.717, 1.165) is 0 Å². The lowest BCUT2D eigenvalue weighted by Crippen LogP contribution is -2.38. The molecule has 20 heavy (non-hydrogen) atoms. The Balaban J connectivity index is 2.72. The van der Waals surface area contributed by atoms with E-state index in [4.69, 9.17) is 4.55 Å². The topological polar surface area (TPSA) is 125 Å². The summed E-state index contributed by atoms with van der Waals surface area (Å²) in [6.45, 7) is 0. The molecule has 1 aliphatic rings. The number of hydrogen-bond donors (Lipinski definition) is 3. The summed E-state index contributed by atoms with van der Waals surface area (Å²) < 4.78 is 61.9. The number of hydrogen-bond acceptors (Lipinski definition) is 6. The number of fused-ring (bicyclic) bond motifs is 1. The fourth-order valence-corrected chi connectivity index (χ4v) is 2.41. The van der Waals surface area contributed by atoms with Crippen LogP contribution in [0.2, 0.25) is 0 Å². The molecular formula is C10H8F2O7S. The maximum absolute atomic E-state index is 13.8. The maximum Gasteiger partial charge on any atom is 0.336 e. The van der Waals surface area contributed by atoms with Gasteiger partial charge in [0.1, 0.15) is 5.75 Å². The standard InChI is InChI=1S/C10H8F2O7S/c11-6-2-5-4(3-20(16,17)18)1-7(13)19-8(5)9(12)10(6,14)15/h1-2,9,14-15H,3H2,(H,16,17,18). The first-order valence-corrected chi connectivity index (χ1v) is 6.72. The predicted octanol–water partition coefficient (Wildman–Crippen LogP) is 0.0431. The van der Waals surface area contributed by atoms with Crippen LogP contribution in [-0.4, -0.2) is 29.0 Å². The van der Waals surface area contributed by atoms with Crippen LogP contribution in [0, 0.1) is 0 Å². The van der Waals surface area contributed by atoms with E-state index in [0.29, 0.717) is 12.1 Å². The van der Waals surface area contributed by atoms with Gasteiger partial charge in [-0.1, -0.05) is 0 Å². The Morgan fingerprint density at radius 2 is 2.00 bits per heavy atom. The third-order valence-corrected chi connectivity index (χ3v) is 3.33. The molecule has 0 bridgehead atoms. The highest BCUT2D eigenvalue weighted by Gasteiger charge is 2.47. The first-order valence-electron chi connectivity index (χ1n) is 5.11. The van der Waals surface area contributed by atoms with Gasteiger partial charge in [-0.25, -0.2) is 13.6 Å². The molecule has 0 spiro atoms. The second-order valence-electron chi connectivity index (χ2n) is 4.18. The molecule has 0 saturated carbocycles. The van der Waals surface area contributed by atoms with Crippen molar-refractivity contribution in [2.24, 2.45) is 0 Å². The van der Waals surface area contributed by atoms with Gasteiger partial charge in [-0.3, -0.25) is 4.55 Å². The third kappa shape index (κ3) is 2.50. The smallest absolute Gasteiger partial charge is 0.336 e. The molecule has 1 unspecified atom stereocenters. The molecular weight excluding hydrogens is 302 g/mol. The number of halogens is 2. The molecule has 2 rings (SSSR count). The highest BCUT2D eigenvalue weighted by molar-refractivity contribution is 7.85. The molecule has 3 N–H and O–H groups in total. The van der Waals surface area contributed by atoms with Gasteiger partial charge in [-0.15, -0.1) is 0 Å². The Hall–Kier alpha value is -1.62. The second kappa shape index (κ2) is 4.45. The van der Waals surface area contributed by atoms with E-state index in [2.05, 4.69) is 4.42 Å². The van der Waals surface area contributed by atoms with Gasteiger partial charge in [-0.2, -0.15) is 8.42 Å². The van der Waals surface area contributed by atoms with Gasteiger partial charge in [-0.05, 0) is 11.6 Å². The molecule has 0 aliphatic heterocycles. The molecule has 1 heterocycles. The summed E-state index contributed by atoms with van der Waals surface area (Å²) in [6, 6.07) is 0.630. The Labute approximate surface area is 110 Å². The van der Waals surface area contributed by atoms with Crippen molar-refractivity contribution in [1.29, 1.82) is 0 Å². The number of rotatable bonds is 2. The van der Waals surface area contributed by atoms with E-state index in [1.807, 2.05) is 0 Å². The Kier molecular flexibility index (Phi) is 3.29. The first-order chi connectivity index (χ1) is 9.02. The summed E-state index contributed by atoms with van der Waals surface area (Å²) in [6.07, 6.45) is -2.40. The van der Waals surface area contributed by atoms with Crippen LogP contribution in [0.5, 0.6) is 0 Å². The first kappa shape index (κ1) is 14.8. The van der Waals surface area contributed by atoms with Crippen molar-refractivity contribution in [1.82, 2.24) is 0 Å². The van der Waals surface area contributed by atoms with Gasteiger partial charge < -0.3 is 14.6 Å². The molecule has 1 aromatic rings. The minimum Gasteiger partial charge on any atom is -0.424 e. The third-order valence-electron chi connectivity index (χ3n) is 2.66. The van der Waals surface area contributed by atoms with Crippen LogP contribution in [-0.2, 0) is 15.9 Å². The quantitative estimate of drug-likeness (QED) is 0.520.